The number of aryl methyl sites for hydroxylation is 2. The van der Waals surface area contributed by atoms with E-state index in [2.05, 4.69) is 5.92 Å². The van der Waals surface area contributed by atoms with Gasteiger partial charge in [-0.1, -0.05) is 23.6 Å². The number of hydrogen-bond acceptors (Lipinski definition) is 2. The molecule has 0 N–H and O–H groups in total. The summed E-state index contributed by atoms with van der Waals surface area (Å²) < 4.78 is 2.58. The molecule has 2 aromatic rings. The molecule has 0 radical (unpaired) electrons. The molecule has 96 valence electrons. The van der Waals surface area contributed by atoms with Crippen molar-refractivity contribution in [1.29, 1.82) is 0 Å². The van der Waals surface area contributed by atoms with E-state index in [1.807, 2.05) is 32.0 Å². The van der Waals surface area contributed by atoms with Gasteiger partial charge in [0.05, 0.1) is 12.2 Å². The minimum atomic E-state index is -0.611. The molecule has 0 unspecified atom stereocenters. The molecule has 4 heteroatoms. The van der Waals surface area contributed by atoms with Gasteiger partial charge in [0, 0.05) is 12.4 Å². The molecular weight excluding hydrogens is 240 g/mol. The van der Waals surface area contributed by atoms with Crippen molar-refractivity contribution in [1.82, 2.24) is 9.13 Å². The predicted molar refractivity (Wildman–Crippen MR) is 74.6 cm³/mol. The molecule has 0 aliphatic heterocycles. The van der Waals surface area contributed by atoms with Crippen LogP contribution in [0, 0.1) is 26.2 Å². The predicted octanol–water partition coefficient (Wildman–Crippen LogP) is 1.25. The van der Waals surface area contributed by atoms with Gasteiger partial charge in [-0.2, -0.15) is 0 Å². The van der Waals surface area contributed by atoms with Gasteiger partial charge in [-0.05, 0) is 25.5 Å². The van der Waals surface area contributed by atoms with Crippen molar-refractivity contribution in [2.45, 2.75) is 20.4 Å². The first-order valence-electron chi connectivity index (χ1n) is 5.88. The van der Waals surface area contributed by atoms with Crippen molar-refractivity contribution in [2.24, 2.45) is 0 Å². The van der Waals surface area contributed by atoms with Gasteiger partial charge in [-0.25, -0.2) is 0 Å². The van der Waals surface area contributed by atoms with Gasteiger partial charge in [0.2, 0.25) is 0 Å². The standard InChI is InChI=1S/C15H14N2O2/c1-4-7-16-8-9-17(15(19)14(16)18)13-6-5-11(2)10-12(13)3/h1,5-6,8-10H,7H2,2-3H3. The van der Waals surface area contributed by atoms with Gasteiger partial charge in [0.25, 0.3) is 0 Å². The summed E-state index contributed by atoms with van der Waals surface area (Å²) in [6.45, 7) is 3.98. The topological polar surface area (TPSA) is 44.0 Å². The Morgan fingerprint density at radius 3 is 2.53 bits per heavy atom. The molecule has 0 aliphatic carbocycles. The molecule has 0 saturated heterocycles. The van der Waals surface area contributed by atoms with Crippen molar-refractivity contribution >= 4 is 0 Å². The zero-order valence-electron chi connectivity index (χ0n) is 10.9. The summed E-state index contributed by atoms with van der Waals surface area (Å²) in [5, 5.41) is 0. The Morgan fingerprint density at radius 2 is 1.89 bits per heavy atom. The van der Waals surface area contributed by atoms with E-state index in [0.29, 0.717) is 5.69 Å². The summed E-state index contributed by atoms with van der Waals surface area (Å²) in [7, 11) is 0. The minimum Gasteiger partial charge on any atom is -0.298 e. The fraction of sp³-hybridized carbons (Fsp3) is 0.200. The SMILES string of the molecule is C#CCn1ccn(-c2ccc(C)cc2C)c(=O)c1=O. The molecule has 1 aromatic heterocycles. The molecule has 0 saturated carbocycles. The molecule has 1 heterocycles. The van der Waals surface area contributed by atoms with E-state index in [-0.39, 0.29) is 6.54 Å². The summed E-state index contributed by atoms with van der Waals surface area (Å²) in [5.74, 6) is 2.34. The lowest BCUT2D eigenvalue weighted by atomic mass is 10.1. The van der Waals surface area contributed by atoms with E-state index >= 15 is 0 Å². The number of hydrogen-bond donors (Lipinski definition) is 0. The highest BCUT2D eigenvalue weighted by molar-refractivity contribution is 5.42. The first-order chi connectivity index (χ1) is 9.04. The summed E-state index contributed by atoms with van der Waals surface area (Å²) >= 11 is 0. The number of rotatable bonds is 2. The van der Waals surface area contributed by atoms with E-state index in [0.717, 1.165) is 11.1 Å². The minimum absolute atomic E-state index is 0.0990. The lowest BCUT2D eigenvalue weighted by Gasteiger charge is -2.10. The lowest BCUT2D eigenvalue weighted by Crippen LogP contribution is -2.40. The molecule has 4 nitrogen and oxygen atoms in total. The zero-order chi connectivity index (χ0) is 14.0. The second kappa shape index (κ2) is 4.99. The second-order valence-corrected chi connectivity index (χ2v) is 4.40. The van der Waals surface area contributed by atoms with Gasteiger partial charge in [0.1, 0.15) is 0 Å². The normalized spacial score (nSPS) is 10.2. The highest BCUT2D eigenvalue weighted by Crippen LogP contribution is 2.13. The van der Waals surface area contributed by atoms with Crippen molar-refractivity contribution in [3.8, 4) is 18.0 Å². The Labute approximate surface area is 110 Å². The van der Waals surface area contributed by atoms with Crippen molar-refractivity contribution in [2.75, 3.05) is 0 Å². The van der Waals surface area contributed by atoms with Crippen LogP contribution in [-0.4, -0.2) is 9.13 Å². The number of benzene rings is 1. The van der Waals surface area contributed by atoms with Crippen molar-refractivity contribution in [3.63, 3.8) is 0 Å². The van der Waals surface area contributed by atoms with Crippen LogP contribution in [0.2, 0.25) is 0 Å². The van der Waals surface area contributed by atoms with Crippen LogP contribution >= 0.6 is 0 Å². The molecule has 1 aromatic carbocycles. The molecule has 0 spiro atoms. The summed E-state index contributed by atoms with van der Waals surface area (Å²) in [4.78, 5) is 23.9. The highest BCUT2D eigenvalue weighted by atomic mass is 16.2. The number of nitrogens with zero attached hydrogens (tertiary/aromatic N) is 2. The summed E-state index contributed by atoms with van der Waals surface area (Å²) in [6, 6.07) is 5.70. The Bertz CT molecular complexity index is 776. The van der Waals surface area contributed by atoms with Gasteiger partial charge in [-0.3, -0.25) is 18.7 Å². The van der Waals surface area contributed by atoms with Gasteiger partial charge < -0.3 is 0 Å². The third kappa shape index (κ3) is 2.36. The Morgan fingerprint density at radius 1 is 1.16 bits per heavy atom. The molecule has 0 aliphatic rings. The lowest BCUT2D eigenvalue weighted by molar-refractivity contribution is 0.743. The average Bonchev–Trinajstić information content (AvgIpc) is 2.37. The zero-order valence-corrected chi connectivity index (χ0v) is 10.9. The maximum absolute atomic E-state index is 12.1. The third-order valence-corrected chi connectivity index (χ3v) is 2.93. The van der Waals surface area contributed by atoms with E-state index in [9.17, 15) is 9.59 Å². The Kier molecular flexibility index (Phi) is 3.39. The van der Waals surface area contributed by atoms with Crippen LogP contribution in [0.25, 0.3) is 5.69 Å². The maximum Gasteiger partial charge on any atom is 0.321 e. The fourth-order valence-corrected chi connectivity index (χ4v) is 2.00. The Hall–Kier alpha value is -2.54. The monoisotopic (exact) mass is 254 g/mol. The molecule has 0 amide bonds. The third-order valence-electron chi connectivity index (χ3n) is 2.93. The van der Waals surface area contributed by atoms with Gasteiger partial charge in [-0.15, -0.1) is 6.42 Å². The summed E-state index contributed by atoms with van der Waals surface area (Å²) in [5.41, 5.74) is 1.55. The second-order valence-electron chi connectivity index (χ2n) is 4.40. The molecule has 0 bridgehead atoms. The molecule has 19 heavy (non-hydrogen) atoms. The van der Waals surface area contributed by atoms with Crippen LogP contribution in [0.3, 0.4) is 0 Å². The van der Waals surface area contributed by atoms with Crippen LogP contribution in [0.4, 0.5) is 0 Å². The summed E-state index contributed by atoms with van der Waals surface area (Å²) in [6.07, 6.45) is 8.25. The van der Waals surface area contributed by atoms with E-state index < -0.39 is 11.1 Å². The van der Waals surface area contributed by atoms with Crippen LogP contribution in [-0.2, 0) is 6.54 Å². The van der Waals surface area contributed by atoms with Crippen LogP contribution < -0.4 is 11.1 Å². The van der Waals surface area contributed by atoms with Crippen LogP contribution in [0.5, 0.6) is 0 Å². The number of terminal acetylenes is 1. The van der Waals surface area contributed by atoms with Gasteiger partial charge in [0.15, 0.2) is 0 Å². The van der Waals surface area contributed by atoms with Crippen LogP contribution in [0.1, 0.15) is 11.1 Å². The van der Waals surface area contributed by atoms with Crippen molar-refractivity contribution < 1.29 is 0 Å². The molecule has 0 fully saturated rings. The van der Waals surface area contributed by atoms with Crippen molar-refractivity contribution in [3.05, 3.63) is 62.4 Å². The molecular formula is C15H14N2O2. The Balaban J connectivity index is 2.65. The van der Waals surface area contributed by atoms with Gasteiger partial charge >= 0.3 is 11.1 Å². The largest absolute Gasteiger partial charge is 0.321 e. The van der Waals surface area contributed by atoms with Crippen LogP contribution in [0.15, 0.2) is 40.2 Å². The van der Waals surface area contributed by atoms with E-state index in [4.69, 9.17) is 6.42 Å². The first kappa shape index (κ1) is 12.9. The fourth-order valence-electron chi connectivity index (χ4n) is 2.00. The first-order valence-corrected chi connectivity index (χ1v) is 5.88. The molecule has 2 rings (SSSR count). The maximum atomic E-state index is 12.1. The highest BCUT2D eigenvalue weighted by Gasteiger charge is 2.08. The smallest absolute Gasteiger partial charge is 0.298 e. The quantitative estimate of drug-likeness (QED) is 0.598. The van der Waals surface area contributed by atoms with E-state index in [1.54, 1.807) is 6.20 Å². The number of aromatic nitrogens is 2. The molecule has 0 atom stereocenters. The van der Waals surface area contributed by atoms with E-state index in [1.165, 1.54) is 15.3 Å². The average molecular weight is 254 g/mol.